The Bertz CT molecular complexity index is 958. The van der Waals surface area contributed by atoms with Gasteiger partial charge >= 0.3 is 7.82 Å². The molecule has 0 unspecified atom stereocenters. The number of phosphoric acid groups is 1. The van der Waals surface area contributed by atoms with Crippen molar-refractivity contribution in [1.82, 2.24) is 0 Å². The van der Waals surface area contributed by atoms with E-state index in [4.69, 9.17) is 13.6 Å². The second kappa shape index (κ2) is 7.97. The van der Waals surface area contributed by atoms with Gasteiger partial charge in [0.15, 0.2) is 0 Å². The van der Waals surface area contributed by atoms with Crippen LogP contribution in [-0.4, -0.2) is 15.3 Å². The van der Waals surface area contributed by atoms with Crippen LogP contribution in [0.4, 0.5) is 0 Å². The Kier molecular flexibility index (Phi) is 5.62. The first kappa shape index (κ1) is 20.4. The van der Waals surface area contributed by atoms with Gasteiger partial charge in [0.2, 0.25) is 0 Å². The standard InChI is InChI=1S/C21H21O7P/c1-13-10-16(4-7-19(13)22)26-29(25,27-17-5-8-20(23)14(2)11-17)28-18-6-9-21(24)15(3)12-18/h4-12,22-24H,1-3H3. The molecular formula is C21H21O7P. The normalized spacial score (nSPS) is 11.1. The molecule has 0 atom stereocenters. The van der Waals surface area contributed by atoms with Crippen LogP contribution in [0.1, 0.15) is 16.7 Å². The highest BCUT2D eigenvalue weighted by molar-refractivity contribution is 7.49. The van der Waals surface area contributed by atoms with Crippen LogP contribution in [0.2, 0.25) is 0 Å². The highest BCUT2D eigenvalue weighted by Crippen LogP contribution is 2.50. The molecule has 0 bridgehead atoms. The second-order valence-electron chi connectivity index (χ2n) is 6.57. The summed E-state index contributed by atoms with van der Waals surface area (Å²) in [6.07, 6.45) is 0. The van der Waals surface area contributed by atoms with Gasteiger partial charge < -0.3 is 28.9 Å². The summed E-state index contributed by atoms with van der Waals surface area (Å²) in [5.41, 5.74) is 1.57. The average molecular weight is 416 g/mol. The summed E-state index contributed by atoms with van der Waals surface area (Å²) in [6.45, 7) is 5.00. The van der Waals surface area contributed by atoms with Crippen molar-refractivity contribution >= 4 is 7.82 Å². The Labute approximate surface area is 168 Å². The van der Waals surface area contributed by atoms with Crippen molar-refractivity contribution in [2.24, 2.45) is 0 Å². The summed E-state index contributed by atoms with van der Waals surface area (Å²) in [5.74, 6) is 0.728. The molecule has 8 heteroatoms. The first-order valence-corrected chi connectivity index (χ1v) is 10.2. The van der Waals surface area contributed by atoms with E-state index in [0.29, 0.717) is 16.7 Å². The quantitative estimate of drug-likeness (QED) is 0.464. The highest BCUT2D eigenvalue weighted by atomic mass is 31.2. The fourth-order valence-electron chi connectivity index (χ4n) is 2.50. The molecule has 152 valence electrons. The lowest BCUT2D eigenvalue weighted by molar-refractivity contribution is 0.297. The van der Waals surface area contributed by atoms with Gasteiger partial charge in [0.25, 0.3) is 0 Å². The fourth-order valence-corrected chi connectivity index (χ4v) is 3.72. The first-order valence-electron chi connectivity index (χ1n) is 8.73. The van der Waals surface area contributed by atoms with Crippen LogP contribution in [0.5, 0.6) is 34.5 Å². The zero-order chi connectivity index (χ0) is 21.2. The van der Waals surface area contributed by atoms with Gasteiger partial charge in [-0.3, -0.25) is 0 Å². The van der Waals surface area contributed by atoms with E-state index in [1.165, 1.54) is 54.6 Å². The van der Waals surface area contributed by atoms with Crippen molar-refractivity contribution in [1.29, 1.82) is 0 Å². The van der Waals surface area contributed by atoms with Crippen LogP contribution in [-0.2, 0) is 4.57 Å². The zero-order valence-electron chi connectivity index (χ0n) is 16.1. The maximum Gasteiger partial charge on any atom is 0.647 e. The molecule has 3 rings (SSSR count). The van der Waals surface area contributed by atoms with Crippen LogP contribution in [0.15, 0.2) is 54.6 Å². The maximum atomic E-state index is 13.5. The fraction of sp³-hybridized carbons (Fsp3) is 0.143. The van der Waals surface area contributed by atoms with Gasteiger partial charge in [-0.15, -0.1) is 0 Å². The molecule has 0 aliphatic rings. The van der Waals surface area contributed by atoms with Gasteiger partial charge in [0.05, 0.1) is 0 Å². The van der Waals surface area contributed by atoms with Crippen LogP contribution in [0.25, 0.3) is 0 Å². The smallest absolute Gasteiger partial charge is 0.508 e. The minimum Gasteiger partial charge on any atom is -0.508 e. The van der Waals surface area contributed by atoms with E-state index in [1.54, 1.807) is 20.8 Å². The third-order valence-electron chi connectivity index (χ3n) is 4.16. The SMILES string of the molecule is Cc1cc(OP(=O)(Oc2ccc(O)c(C)c2)Oc2ccc(O)c(C)c2)ccc1O. The average Bonchev–Trinajstić information content (AvgIpc) is 2.64. The number of aryl methyl sites for hydroxylation is 3. The molecule has 0 amide bonds. The molecule has 3 N–H and O–H groups in total. The number of rotatable bonds is 6. The van der Waals surface area contributed by atoms with Gasteiger partial charge in [-0.1, -0.05) is 0 Å². The first-order chi connectivity index (χ1) is 13.6. The molecule has 0 saturated carbocycles. The van der Waals surface area contributed by atoms with E-state index in [0.717, 1.165) is 0 Å². The van der Waals surface area contributed by atoms with E-state index in [2.05, 4.69) is 0 Å². The molecule has 0 heterocycles. The van der Waals surface area contributed by atoms with Gasteiger partial charge in [-0.2, -0.15) is 4.57 Å². The Morgan fingerprint density at radius 3 is 1.10 bits per heavy atom. The minimum absolute atomic E-state index is 0.0670. The molecule has 0 spiro atoms. The monoisotopic (exact) mass is 416 g/mol. The number of aromatic hydroxyl groups is 3. The summed E-state index contributed by atoms with van der Waals surface area (Å²) < 4.78 is 30.1. The molecule has 3 aromatic carbocycles. The number of phenolic OH excluding ortho intramolecular Hbond substituents is 3. The van der Waals surface area contributed by atoms with Crippen molar-refractivity contribution in [2.45, 2.75) is 20.8 Å². The third-order valence-corrected chi connectivity index (χ3v) is 5.46. The number of phosphoric ester groups is 1. The Morgan fingerprint density at radius 2 is 0.862 bits per heavy atom. The number of phenols is 3. The number of hydrogen-bond donors (Lipinski definition) is 3. The van der Waals surface area contributed by atoms with Crippen LogP contribution in [0.3, 0.4) is 0 Å². The molecular weight excluding hydrogens is 395 g/mol. The van der Waals surface area contributed by atoms with Crippen LogP contribution < -0.4 is 13.6 Å². The van der Waals surface area contributed by atoms with Crippen molar-refractivity contribution in [3.63, 3.8) is 0 Å². The van der Waals surface area contributed by atoms with Crippen LogP contribution >= 0.6 is 7.82 Å². The lowest BCUT2D eigenvalue weighted by Crippen LogP contribution is -2.08. The summed E-state index contributed by atoms with van der Waals surface area (Å²) in [4.78, 5) is 0. The number of benzene rings is 3. The Hall–Kier alpha value is -3.31. The van der Waals surface area contributed by atoms with E-state index < -0.39 is 7.82 Å². The minimum atomic E-state index is -4.23. The second-order valence-corrected chi connectivity index (χ2v) is 8.01. The molecule has 0 aliphatic heterocycles. The van der Waals surface area contributed by atoms with E-state index in [1.807, 2.05) is 0 Å². The lowest BCUT2D eigenvalue weighted by atomic mass is 10.2. The van der Waals surface area contributed by atoms with E-state index in [-0.39, 0.29) is 34.5 Å². The van der Waals surface area contributed by atoms with Crippen molar-refractivity contribution < 1.29 is 33.5 Å². The van der Waals surface area contributed by atoms with Crippen molar-refractivity contribution in [3.8, 4) is 34.5 Å². The predicted octanol–water partition coefficient (Wildman–Crippen LogP) is 5.37. The van der Waals surface area contributed by atoms with Gasteiger partial charge in [-0.05, 0) is 92.1 Å². The molecule has 29 heavy (non-hydrogen) atoms. The molecule has 0 saturated heterocycles. The largest absolute Gasteiger partial charge is 0.647 e. The summed E-state index contributed by atoms with van der Waals surface area (Å²) in [5, 5.41) is 29.1. The van der Waals surface area contributed by atoms with E-state index in [9.17, 15) is 19.9 Å². The van der Waals surface area contributed by atoms with Crippen molar-refractivity contribution in [2.75, 3.05) is 0 Å². The molecule has 0 aliphatic carbocycles. The van der Waals surface area contributed by atoms with Gasteiger partial charge in [0.1, 0.15) is 34.5 Å². The third kappa shape index (κ3) is 4.95. The van der Waals surface area contributed by atoms with Gasteiger partial charge in [0, 0.05) is 0 Å². The van der Waals surface area contributed by atoms with Crippen molar-refractivity contribution in [3.05, 3.63) is 71.3 Å². The topological polar surface area (TPSA) is 105 Å². The molecule has 7 nitrogen and oxygen atoms in total. The molecule has 0 radical (unpaired) electrons. The summed E-state index contributed by atoms with van der Waals surface area (Å²) >= 11 is 0. The maximum absolute atomic E-state index is 13.5. The predicted molar refractivity (Wildman–Crippen MR) is 108 cm³/mol. The molecule has 0 fully saturated rings. The summed E-state index contributed by atoms with van der Waals surface area (Å²) in [7, 11) is -4.23. The molecule has 0 aromatic heterocycles. The zero-order valence-corrected chi connectivity index (χ0v) is 17.0. The Balaban J connectivity index is 1.96. The van der Waals surface area contributed by atoms with Gasteiger partial charge in [-0.25, -0.2) is 0 Å². The number of hydrogen-bond acceptors (Lipinski definition) is 7. The highest BCUT2D eigenvalue weighted by Gasteiger charge is 2.33. The van der Waals surface area contributed by atoms with Crippen LogP contribution in [0, 0.1) is 20.8 Å². The van der Waals surface area contributed by atoms with E-state index >= 15 is 0 Å². The lowest BCUT2D eigenvalue weighted by Gasteiger charge is -2.20. The summed E-state index contributed by atoms with van der Waals surface area (Å²) in [6, 6.07) is 13.0. The Morgan fingerprint density at radius 1 is 0.586 bits per heavy atom. The molecule has 3 aromatic rings.